The predicted molar refractivity (Wildman–Crippen MR) is 95.0 cm³/mol. The van der Waals surface area contributed by atoms with Crippen LogP contribution < -0.4 is 4.57 Å². The summed E-state index contributed by atoms with van der Waals surface area (Å²) in [5.41, 5.74) is 1.10. The van der Waals surface area contributed by atoms with Gasteiger partial charge in [-0.05, 0) is 6.42 Å². The number of aliphatic hydroxyl groups excluding tert-OH is 1. The first kappa shape index (κ1) is 20.7. The van der Waals surface area contributed by atoms with Crippen LogP contribution in [0.2, 0.25) is 0 Å². The number of hydrogen-bond acceptors (Lipinski definition) is 2. The lowest BCUT2D eigenvalue weighted by atomic mass is 10.1. The quantitative estimate of drug-likeness (QED) is 0.339. The first-order valence-corrected chi connectivity index (χ1v) is 9.60. The highest BCUT2D eigenvalue weighted by molar-refractivity contribution is 5.68. The second kappa shape index (κ2) is 13.0. The van der Waals surface area contributed by atoms with Crippen LogP contribution in [0.1, 0.15) is 82.7 Å². The van der Waals surface area contributed by atoms with Crippen molar-refractivity contribution in [1.29, 1.82) is 0 Å². The van der Waals surface area contributed by atoms with E-state index in [-0.39, 0.29) is 13.0 Å². The largest absolute Gasteiger partial charge is 0.481 e. The van der Waals surface area contributed by atoms with E-state index >= 15 is 0 Å². The molecule has 1 heterocycles. The number of hydrogen-bond donors (Lipinski definition) is 3. The third-order valence-corrected chi connectivity index (χ3v) is 4.51. The summed E-state index contributed by atoms with van der Waals surface area (Å²) in [5, 5.41) is 18.1. The van der Waals surface area contributed by atoms with E-state index in [1.807, 2.05) is 10.8 Å². The fourth-order valence-electron chi connectivity index (χ4n) is 3.16. The zero-order valence-electron chi connectivity index (χ0n) is 15.2. The smallest absolute Gasteiger partial charge is 0.315 e. The van der Waals surface area contributed by atoms with Crippen LogP contribution in [0.5, 0.6) is 0 Å². The Morgan fingerprint density at radius 3 is 2.17 bits per heavy atom. The number of aliphatic carboxylic acids is 1. The number of nitrogens with zero attached hydrogens (tertiary/aromatic N) is 1. The number of H-pyrrole nitrogens is 1. The lowest BCUT2D eigenvalue weighted by Crippen LogP contribution is -2.42. The number of aromatic nitrogens is 2. The van der Waals surface area contributed by atoms with E-state index in [2.05, 4.69) is 11.9 Å². The first-order valence-electron chi connectivity index (χ1n) is 9.60. The molecular weight excluding hydrogens is 304 g/mol. The van der Waals surface area contributed by atoms with Crippen LogP contribution in [-0.4, -0.2) is 27.8 Å². The Balaban J connectivity index is 2.20. The number of nitrogens with one attached hydrogen (secondary N) is 1. The van der Waals surface area contributed by atoms with Crippen molar-refractivity contribution in [3.05, 3.63) is 17.7 Å². The molecule has 0 aliphatic heterocycles. The number of carbonyl (C=O) groups is 1. The third-order valence-electron chi connectivity index (χ3n) is 4.51. The second-order valence-electron chi connectivity index (χ2n) is 6.60. The summed E-state index contributed by atoms with van der Waals surface area (Å²) in [6.45, 7) is 2.73. The van der Waals surface area contributed by atoms with Crippen molar-refractivity contribution in [2.45, 2.75) is 90.5 Å². The molecule has 0 fully saturated rings. The molecule has 5 heteroatoms. The van der Waals surface area contributed by atoms with Crippen LogP contribution in [-0.2, 0) is 24.2 Å². The number of carboxylic acid groups (broad SMARTS) is 1. The molecule has 0 aliphatic rings. The average molecular weight is 340 g/mol. The maximum Gasteiger partial charge on any atom is 0.315 e. The Labute approximate surface area is 146 Å². The standard InChI is InChI=1S/C19H34N2O3/c1-2-3-4-5-6-7-8-9-10-11-12-17-16-20-18(15-19(23)24)21(17)13-14-22/h16,22H,2-15H2,1H3,(H,23,24)/p+1. The van der Waals surface area contributed by atoms with Gasteiger partial charge in [-0.25, -0.2) is 9.55 Å². The Morgan fingerprint density at radius 2 is 1.62 bits per heavy atom. The summed E-state index contributed by atoms with van der Waals surface area (Å²) in [4.78, 5) is 13.9. The summed E-state index contributed by atoms with van der Waals surface area (Å²) in [7, 11) is 0. The van der Waals surface area contributed by atoms with Crippen molar-refractivity contribution in [2.75, 3.05) is 6.61 Å². The van der Waals surface area contributed by atoms with E-state index in [1.165, 1.54) is 57.8 Å². The molecule has 0 bridgehead atoms. The molecule has 0 atom stereocenters. The van der Waals surface area contributed by atoms with Crippen molar-refractivity contribution < 1.29 is 19.6 Å². The maximum atomic E-state index is 10.9. The minimum absolute atomic E-state index is 0.0279. The molecule has 0 aromatic carbocycles. The molecule has 0 saturated heterocycles. The van der Waals surface area contributed by atoms with Crippen LogP contribution in [0.25, 0.3) is 0 Å². The van der Waals surface area contributed by atoms with E-state index in [0.29, 0.717) is 12.4 Å². The molecule has 138 valence electrons. The molecule has 0 unspecified atom stereocenters. The summed E-state index contributed by atoms with van der Waals surface area (Å²) in [5.74, 6) is -0.187. The number of aryl methyl sites for hydroxylation is 1. The Kier molecular flexibility index (Phi) is 11.2. The zero-order chi connectivity index (χ0) is 17.6. The highest BCUT2D eigenvalue weighted by Gasteiger charge is 2.19. The molecule has 0 radical (unpaired) electrons. The summed E-state index contributed by atoms with van der Waals surface area (Å²) < 4.78 is 1.92. The third kappa shape index (κ3) is 8.48. The predicted octanol–water partition coefficient (Wildman–Crippen LogP) is 3.39. The van der Waals surface area contributed by atoms with Crippen LogP contribution in [0, 0.1) is 0 Å². The van der Waals surface area contributed by atoms with E-state index in [0.717, 1.165) is 18.5 Å². The van der Waals surface area contributed by atoms with Gasteiger partial charge in [-0.2, -0.15) is 0 Å². The summed E-state index contributed by atoms with van der Waals surface area (Å²) >= 11 is 0. The highest BCUT2D eigenvalue weighted by atomic mass is 16.4. The number of imidazole rings is 1. The molecular formula is C19H35N2O3+. The SMILES string of the molecule is CCCCCCCCCCCCc1c[nH]c(CC(=O)O)[n+]1CCO. The molecule has 0 spiro atoms. The van der Waals surface area contributed by atoms with Gasteiger partial charge < -0.3 is 10.2 Å². The van der Waals surface area contributed by atoms with Crippen LogP contribution in [0.3, 0.4) is 0 Å². The van der Waals surface area contributed by atoms with Gasteiger partial charge in [0.05, 0.1) is 6.61 Å². The molecule has 1 aromatic rings. The average Bonchev–Trinajstić information content (AvgIpc) is 2.91. The van der Waals surface area contributed by atoms with E-state index < -0.39 is 5.97 Å². The molecule has 0 saturated carbocycles. The molecule has 5 nitrogen and oxygen atoms in total. The Hall–Kier alpha value is -1.36. The molecule has 3 N–H and O–H groups in total. The molecule has 0 aliphatic carbocycles. The molecule has 1 aromatic heterocycles. The van der Waals surface area contributed by atoms with Crippen molar-refractivity contribution in [3.63, 3.8) is 0 Å². The lowest BCUT2D eigenvalue weighted by Gasteiger charge is -2.04. The number of carboxylic acids is 1. The van der Waals surface area contributed by atoms with Crippen LogP contribution in [0.4, 0.5) is 0 Å². The van der Waals surface area contributed by atoms with Crippen molar-refractivity contribution in [1.82, 2.24) is 4.98 Å². The second-order valence-corrected chi connectivity index (χ2v) is 6.60. The van der Waals surface area contributed by atoms with Gasteiger partial charge in [0.25, 0.3) is 5.82 Å². The van der Waals surface area contributed by atoms with Gasteiger partial charge in [0.1, 0.15) is 24.9 Å². The fraction of sp³-hybridized carbons (Fsp3) is 0.789. The minimum atomic E-state index is -0.853. The number of aromatic amines is 1. The number of unbranched alkanes of at least 4 members (excludes halogenated alkanes) is 9. The van der Waals surface area contributed by atoms with Crippen molar-refractivity contribution in [3.8, 4) is 0 Å². The van der Waals surface area contributed by atoms with Gasteiger partial charge in [-0.3, -0.25) is 4.79 Å². The van der Waals surface area contributed by atoms with Gasteiger partial charge in [0.15, 0.2) is 0 Å². The normalized spacial score (nSPS) is 11.1. The van der Waals surface area contributed by atoms with Gasteiger partial charge in [0, 0.05) is 6.42 Å². The van der Waals surface area contributed by atoms with Crippen LogP contribution in [0.15, 0.2) is 6.20 Å². The van der Waals surface area contributed by atoms with Crippen LogP contribution >= 0.6 is 0 Å². The minimum Gasteiger partial charge on any atom is -0.481 e. The summed E-state index contributed by atoms with van der Waals surface area (Å²) in [6.07, 6.45) is 15.9. The Morgan fingerprint density at radius 1 is 1.04 bits per heavy atom. The van der Waals surface area contributed by atoms with Gasteiger partial charge in [0.2, 0.25) is 0 Å². The molecule has 1 rings (SSSR count). The first-order chi connectivity index (χ1) is 11.7. The van der Waals surface area contributed by atoms with Gasteiger partial charge >= 0.3 is 5.97 Å². The van der Waals surface area contributed by atoms with E-state index in [9.17, 15) is 9.90 Å². The van der Waals surface area contributed by atoms with Crippen molar-refractivity contribution >= 4 is 5.97 Å². The van der Waals surface area contributed by atoms with Crippen molar-refractivity contribution in [2.24, 2.45) is 0 Å². The fourth-order valence-corrected chi connectivity index (χ4v) is 3.16. The Bertz CT molecular complexity index is 457. The molecule has 0 amide bonds. The lowest BCUT2D eigenvalue weighted by molar-refractivity contribution is -0.710. The maximum absolute atomic E-state index is 10.9. The highest BCUT2D eigenvalue weighted by Crippen LogP contribution is 2.11. The zero-order valence-corrected chi connectivity index (χ0v) is 15.2. The number of aliphatic hydroxyl groups is 1. The summed E-state index contributed by atoms with van der Waals surface area (Å²) in [6, 6.07) is 0. The van der Waals surface area contributed by atoms with E-state index in [1.54, 1.807) is 0 Å². The van der Waals surface area contributed by atoms with Gasteiger partial charge in [-0.1, -0.05) is 64.7 Å². The van der Waals surface area contributed by atoms with Gasteiger partial charge in [-0.15, -0.1) is 0 Å². The van der Waals surface area contributed by atoms with E-state index in [4.69, 9.17) is 5.11 Å². The topological polar surface area (TPSA) is 77.2 Å². The molecule has 24 heavy (non-hydrogen) atoms. The monoisotopic (exact) mass is 339 g/mol. The number of rotatable bonds is 15.